The fourth-order valence-electron chi connectivity index (χ4n) is 3.11. The van der Waals surface area contributed by atoms with E-state index in [-0.39, 0.29) is 37.2 Å². The van der Waals surface area contributed by atoms with E-state index in [1.54, 1.807) is 29.2 Å². The van der Waals surface area contributed by atoms with E-state index in [1.165, 1.54) is 0 Å². The Kier molecular flexibility index (Phi) is 6.26. The lowest BCUT2D eigenvalue weighted by atomic mass is 10.1. The second kappa shape index (κ2) is 9.03. The highest BCUT2D eigenvalue weighted by atomic mass is 16.5. The fraction of sp³-hybridized carbons (Fsp3) is 0.286. The van der Waals surface area contributed by atoms with Crippen molar-refractivity contribution in [1.82, 2.24) is 5.32 Å². The minimum atomic E-state index is -0.508. The smallest absolute Gasteiger partial charge is 0.243 e. The van der Waals surface area contributed by atoms with Gasteiger partial charge in [0, 0.05) is 18.7 Å². The van der Waals surface area contributed by atoms with Crippen molar-refractivity contribution in [3.63, 3.8) is 0 Å². The number of hydrogen-bond donors (Lipinski definition) is 2. The molecule has 28 heavy (non-hydrogen) atoms. The minimum absolute atomic E-state index is 0.104. The summed E-state index contributed by atoms with van der Waals surface area (Å²) in [6, 6.07) is 16.3. The molecule has 1 saturated heterocycles. The van der Waals surface area contributed by atoms with E-state index in [0.717, 1.165) is 0 Å². The predicted octanol–water partition coefficient (Wildman–Crippen LogP) is 2.19. The maximum atomic E-state index is 12.4. The monoisotopic (exact) mass is 381 g/mol. The highest BCUT2D eigenvalue weighted by Crippen LogP contribution is 2.33. The molecule has 7 heteroatoms. The van der Waals surface area contributed by atoms with Gasteiger partial charge in [0.2, 0.25) is 17.7 Å². The fourth-order valence-corrected chi connectivity index (χ4v) is 3.11. The Morgan fingerprint density at radius 1 is 1.11 bits per heavy atom. The van der Waals surface area contributed by atoms with Crippen molar-refractivity contribution in [3.05, 3.63) is 54.6 Å². The molecule has 0 saturated carbocycles. The molecule has 1 aliphatic heterocycles. The first kappa shape index (κ1) is 19.4. The third-order valence-corrected chi connectivity index (χ3v) is 4.43. The Hall–Kier alpha value is -3.35. The van der Waals surface area contributed by atoms with Gasteiger partial charge in [0.05, 0.1) is 24.8 Å². The topological polar surface area (TPSA) is 87.7 Å². The van der Waals surface area contributed by atoms with Crippen LogP contribution < -0.4 is 20.3 Å². The highest BCUT2D eigenvalue weighted by molar-refractivity contribution is 6.02. The number of anilines is 2. The number of para-hydroxylation sites is 3. The quantitative estimate of drug-likeness (QED) is 0.770. The molecule has 3 rings (SSSR count). The van der Waals surface area contributed by atoms with Crippen LogP contribution in [0.4, 0.5) is 11.4 Å². The maximum Gasteiger partial charge on any atom is 0.243 e. The van der Waals surface area contributed by atoms with Crippen LogP contribution in [0.15, 0.2) is 54.6 Å². The summed E-state index contributed by atoms with van der Waals surface area (Å²) in [7, 11) is 0. The number of benzene rings is 2. The van der Waals surface area contributed by atoms with Crippen molar-refractivity contribution < 1.29 is 19.1 Å². The van der Waals surface area contributed by atoms with Gasteiger partial charge in [-0.2, -0.15) is 0 Å². The summed E-state index contributed by atoms with van der Waals surface area (Å²) < 4.78 is 5.58. The number of rotatable bonds is 7. The van der Waals surface area contributed by atoms with Crippen LogP contribution in [0.25, 0.3) is 0 Å². The average molecular weight is 381 g/mol. The Morgan fingerprint density at radius 2 is 1.82 bits per heavy atom. The van der Waals surface area contributed by atoms with Crippen LogP contribution in [-0.4, -0.2) is 37.4 Å². The minimum Gasteiger partial charge on any atom is -0.492 e. The molecule has 1 fully saturated rings. The molecule has 1 unspecified atom stereocenters. The van der Waals surface area contributed by atoms with Crippen LogP contribution in [-0.2, 0) is 14.4 Å². The van der Waals surface area contributed by atoms with Gasteiger partial charge in [0.15, 0.2) is 0 Å². The molecule has 0 radical (unpaired) electrons. The number of carbonyl (C=O) groups excluding carboxylic acids is 3. The lowest BCUT2D eigenvalue weighted by Crippen LogP contribution is -2.37. The predicted molar refractivity (Wildman–Crippen MR) is 106 cm³/mol. The molecule has 1 heterocycles. The average Bonchev–Trinajstić information content (AvgIpc) is 3.09. The number of amides is 3. The van der Waals surface area contributed by atoms with Crippen molar-refractivity contribution in [3.8, 4) is 5.75 Å². The number of hydrogen-bond acceptors (Lipinski definition) is 4. The molecule has 1 atom stereocenters. The Morgan fingerprint density at radius 3 is 2.57 bits per heavy atom. The molecular formula is C21H23N3O4. The van der Waals surface area contributed by atoms with Gasteiger partial charge < -0.3 is 20.3 Å². The third kappa shape index (κ3) is 4.68. The highest BCUT2D eigenvalue weighted by Gasteiger charge is 2.36. The van der Waals surface area contributed by atoms with E-state index in [2.05, 4.69) is 10.6 Å². The van der Waals surface area contributed by atoms with Crippen molar-refractivity contribution in [2.24, 2.45) is 5.92 Å². The Balaban J connectivity index is 1.56. The van der Waals surface area contributed by atoms with Gasteiger partial charge >= 0.3 is 0 Å². The molecule has 0 aliphatic carbocycles. The summed E-state index contributed by atoms with van der Waals surface area (Å²) in [6.45, 7) is 2.47. The van der Waals surface area contributed by atoms with E-state index in [1.807, 2.05) is 37.3 Å². The molecule has 1 aliphatic rings. The molecule has 146 valence electrons. The zero-order chi connectivity index (χ0) is 19.9. The number of nitrogens with one attached hydrogen (secondary N) is 2. The van der Waals surface area contributed by atoms with Crippen molar-refractivity contribution in [2.75, 3.05) is 29.9 Å². The first-order valence-electron chi connectivity index (χ1n) is 9.23. The Labute approximate surface area is 163 Å². The van der Waals surface area contributed by atoms with E-state index < -0.39 is 5.92 Å². The summed E-state index contributed by atoms with van der Waals surface area (Å²) in [5.41, 5.74) is 1.32. The summed E-state index contributed by atoms with van der Waals surface area (Å²) in [6.07, 6.45) is 0.104. The van der Waals surface area contributed by atoms with Crippen LogP contribution >= 0.6 is 0 Å². The molecule has 2 aromatic rings. The summed E-state index contributed by atoms with van der Waals surface area (Å²) in [5.74, 6) is -0.662. The molecule has 0 spiro atoms. The van der Waals surface area contributed by atoms with Gasteiger partial charge in [-0.05, 0) is 31.2 Å². The van der Waals surface area contributed by atoms with Gasteiger partial charge in [0.25, 0.3) is 0 Å². The van der Waals surface area contributed by atoms with Crippen LogP contribution in [0.2, 0.25) is 0 Å². The molecule has 7 nitrogen and oxygen atoms in total. The standard InChI is InChI=1S/C21H23N3O4/c1-2-28-18-11-7-6-10-17(18)24-14-15(12-20(24)26)21(27)22-13-19(25)23-16-8-4-3-5-9-16/h3-11,15H,2,12-14H2,1H3,(H,22,27)(H,23,25). The van der Waals surface area contributed by atoms with E-state index in [0.29, 0.717) is 23.7 Å². The van der Waals surface area contributed by atoms with Crippen LogP contribution in [0.3, 0.4) is 0 Å². The summed E-state index contributed by atoms with van der Waals surface area (Å²) in [5, 5.41) is 5.32. The van der Waals surface area contributed by atoms with Crippen molar-refractivity contribution in [2.45, 2.75) is 13.3 Å². The summed E-state index contributed by atoms with van der Waals surface area (Å²) >= 11 is 0. The maximum absolute atomic E-state index is 12.4. The molecule has 2 aromatic carbocycles. The largest absolute Gasteiger partial charge is 0.492 e. The van der Waals surface area contributed by atoms with Crippen molar-refractivity contribution in [1.29, 1.82) is 0 Å². The number of carbonyl (C=O) groups is 3. The van der Waals surface area contributed by atoms with Gasteiger partial charge in [-0.1, -0.05) is 30.3 Å². The van der Waals surface area contributed by atoms with Gasteiger partial charge in [-0.25, -0.2) is 0 Å². The first-order valence-corrected chi connectivity index (χ1v) is 9.23. The second-order valence-electron chi connectivity index (χ2n) is 6.44. The van der Waals surface area contributed by atoms with Crippen molar-refractivity contribution >= 4 is 29.1 Å². The first-order chi connectivity index (χ1) is 13.6. The number of nitrogens with zero attached hydrogens (tertiary/aromatic N) is 1. The Bertz CT molecular complexity index is 854. The molecule has 3 amide bonds. The molecule has 2 N–H and O–H groups in total. The van der Waals surface area contributed by atoms with E-state index in [4.69, 9.17) is 4.74 Å². The van der Waals surface area contributed by atoms with Gasteiger partial charge in [0.1, 0.15) is 5.75 Å². The van der Waals surface area contributed by atoms with Crippen LogP contribution in [0.5, 0.6) is 5.75 Å². The van der Waals surface area contributed by atoms with Crippen LogP contribution in [0, 0.1) is 5.92 Å². The van der Waals surface area contributed by atoms with Gasteiger partial charge in [-0.3, -0.25) is 14.4 Å². The molecular weight excluding hydrogens is 358 g/mol. The van der Waals surface area contributed by atoms with Crippen LogP contribution in [0.1, 0.15) is 13.3 Å². The third-order valence-electron chi connectivity index (χ3n) is 4.43. The lowest BCUT2D eigenvalue weighted by Gasteiger charge is -2.20. The molecule has 0 aromatic heterocycles. The summed E-state index contributed by atoms with van der Waals surface area (Å²) in [4.78, 5) is 38.4. The zero-order valence-corrected chi connectivity index (χ0v) is 15.7. The number of ether oxygens (including phenoxy) is 1. The van der Waals surface area contributed by atoms with E-state index >= 15 is 0 Å². The lowest BCUT2D eigenvalue weighted by molar-refractivity contribution is -0.127. The SMILES string of the molecule is CCOc1ccccc1N1CC(C(=O)NCC(=O)Nc2ccccc2)CC1=O. The normalized spacial score (nSPS) is 16.0. The van der Waals surface area contributed by atoms with Gasteiger partial charge in [-0.15, -0.1) is 0 Å². The molecule has 0 bridgehead atoms. The second-order valence-corrected chi connectivity index (χ2v) is 6.44. The van der Waals surface area contributed by atoms with E-state index in [9.17, 15) is 14.4 Å². The zero-order valence-electron chi connectivity index (χ0n) is 15.7.